The van der Waals surface area contributed by atoms with Crippen molar-refractivity contribution in [2.45, 2.75) is 39.3 Å². The molecule has 0 aromatic carbocycles. The molecular formula is C12H16ClN3O. The van der Waals surface area contributed by atoms with Gasteiger partial charge in [-0.2, -0.15) is 5.10 Å². The van der Waals surface area contributed by atoms with Gasteiger partial charge in [0.2, 0.25) is 0 Å². The molecule has 1 N–H and O–H groups in total. The molecule has 1 unspecified atom stereocenters. The third-order valence-corrected chi connectivity index (χ3v) is 2.76. The average molecular weight is 254 g/mol. The minimum Gasteiger partial charge on any atom is -0.369 e. The van der Waals surface area contributed by atoms with Crippen LogP contribution in [0.1, 0.15) is 26.7 Å². The summed E-state index contributed by atoms with van der Waals surface area (Å²) in [6.45, 7) is 4.37. The van der Waals surface area contributed by atoms with E-state index < -0.39 is 0 Å². The maximum absolute atomic E-state index is 11.7. The molecule has 0 amide bonds. The topological polar surface area (TPSA) is 46.9 Å². The first kappa shape index (κ1) is 13.6. The van der Waals surface area contributed by atoms with E-state index in [4.69, 9.17) is 18.0 Å². The number of nitrogens with one attached hydrogen (secondary N) is 1. The Labute approximate surface area is 106 Å². The third kappa shape index (κ3) is 3.24. The van der Waals surface area contributed by atoms with Crippen molar-refractivity contribution in [3.63, 3.8) is 0 Å². The van der Waals surface area contributed by atoms with Crippen LogP contribution in [0.25, 0.3) is 0 Å². The third-order valence-electron chi connectivity index (χ3n) is 2.39. The number of hydrogen-bond acceptors (Lipinski definition) is 3. The Morgan fingerprint density at radius 1 is 1.65 bits per heavy atom. The van der Waals surface area contributed by atoms with Crippen LogP contribution in [0.4, 0.5) is 5.69 Å². The summed E-state index contributed by atoms with van der Waals surface area (Å²) in [5.41, 5.74) is 0.198. The first-order chi connectivity index (χ1) is 8.13. The molecule has 1 atom stereocenters. The Balaban J connectivity index is 2.97. The van der Waals surface area contributed by atoms with Crippen LogP contribution < -0.4 is 10.9 Å². The van der Waals surface area contributed by atoms with E-state index in [1.54, 1.807) is 0 Å². The van der Waals surface area contributed by atoms with Crippen LogP contribution in [0.2, 0.25) is 5.02 Å². The van der Waals surface area contributed by atoms with Crippen molar-refractivity contribution in [2.75, 3.05) is 5.32 Å². The highest BCUT2D eigenvalue weighted by atomic mass is 35.5. The van der Waals surface area contributed by atoms with E-state index >= 15 is 0 Å². The second kappa shape index (κ2) is 6.31. The summed E-state index contributed by atoms with van der Waals surface area (Å²) in [5, 5.41) is 7.18. The van der Waals surface area contributed by atoms with Crippen LogP contribution in [-0.2, 0) is 6.54 Å². The van der Waals surface area contributed by atoms with Gasteiger partial charge in [0.15, 0.2) is 0 Å². The molecule has 1 aromatic rings. The lowest BCUT2D eigenvalue weighted by molar-refractivity contribution is 0.615. The number of aromatic nitrogens is 2. The zero-order valence-electron chi connectivity index (χ0n) is 10.0. The predicted octanol–water partition coefficient (Wildman–Crippen LogP) is 2.13. The largest absolute Gasteiger partial charge is 0.369 e. The molecule has 0 saturated heterocycles. The van der Waals surface area contributed by atoms with E-state index in [9.17, 15) is 4.79 Å². The van der Waals surface area contributed by atoms with Crippen LogP contribution in [0.5, 0.6) is 0 Å². The molecule has 1 rings (SSSR count). The first-order valence-corrected chi connectivity index (χ1v) is 6.00. The summed E-state index contributed by atoms with van der Waals surface area (Å²) in [6.07, 6.45) is 8.71. The van der Waals surface area contributed by atoms with Gasteiger partial charge in [0.25, 0.3) is 5.56 Å². The summed E-state index contributed by atoms with van der Waals surface area (Å²) < 4.78 is 1.30. The minimum absolute atomic E-state index is 0.129. The summed E-state index contributed by atoms with van der Waals surface area (Å²) in [4.78, 5) is 11.7. The van der Waals surface area contributed by atoms with Crippen molar-refractivity contribution in [1.29, 1.82) is 0 Å². The molecular weight excluding hydrogens is 238 g/mol. The van der Waals surface area contributed by atoms with Gasteiger partial charge in [-0.25, -0.2) is 4.68 Å². The smallest absolute Gasteiger partial charge is 0.287 e. The standard InChI is InChI=1S/C12H16ClN3O/c1-4-7-9(5-2)15-10-8-14-16(6-3)12(17)11(10)13/h2,8-9,15H,4,6-7H2,1,3H3. The van der Waals surface area contributed by atoms with Crippen molar-refractivity contribution in [3.05, 3.63) is 21.6 Å². The molecule has 0 aliphatic rings. The number of halogens is 1. The molecule has 0 aliphatic carbocycles. The zero-order chi connectivity index (χ0) is 12.8. The van der Waals surface area contributed by atoms with E-state index in [0.717, 1.165) is 12.8 Å². The quantitative estimate of drug-likeness (QED) is 0.818. The van der Waals surface area contributed by atoms with Gasteiger partial charge in [-0.15, -0.1) is 6.42 Å². The minimum atomic E-state index is -0.300. The number of terminal acetylenes is 1. The lowest BCUT2D eigenvalue weighted by Gasteiger charge is -2.14. The maximum Gasteiger partial charge on any atom is 0.287 e. The second-order valence-electron chi connectivity index (χ2n) is 3.65. The molecule has 0 bridgehead atoms. The molecule has 17 heavy (non-hydrogen) atoms. The van der Waals surface area contributed by atoms with Crippen molar-refractivity contribution in [1.82, 2.24) is 9.78 Å². The van der Waals surface area contributed by atoms with Crippen molar-refractivity contribution < 1.29 is 0 Å². The Kier molecular flexibility index (Phi) is 5.05. The highest BCUT2D eigenvalue weighted by Crippen LogP contribution is 2.17. The van der Waals surface area contributed by atoms with Gasteiger partial charge in [0.1, 0.15) is 5.02 Å². The van der Waals surface area contributed by atoms with Crippen molar-refractivity contribution >= 4 is 17.3 Å². The second-order valence-corrected chi connectivity index (χ2v) is 4.02. The van der Waals surface area contributed by atoms with Gasteiger partial charge in [-0.05, 0) is 13.3 Å². The monoisotopic (exact) mass is 253 g/mol. The first-order valence-electron chi connectivity index (χ1n) is 5.62. The fourth-order valence-electron chi connectivity index (χ4n) is 1.46. The van der Waals surface area contributed by atoms with E-state index in [0.29, 0.717) is 12.2 Å². The molecule has 0 fully saturated rings. The van der Waals surface area contributed by atoms with Crippen LogP contribution in [0.15, 0.2) is 11.0 Å². The molecule has 5 heteroatoms. The summed E-state index contributed by atoms with van der Waals surface area (Å²) in [7, 11) is 0. The highest BCUT2D eigenvalue weighted by Gasteiger charge is 2.11. The van der Waals surface area contributed by atoms with Gasteiger partial charge >= 0.3 is 0 Å². The van der Waals surface area contributed by atoms with Gasteiger partial charge in [0.05, 0.1) is 17.9 Å². The molecule has 0 aliphatic heterocycles. The SMILES string of the molecule is C#CC(CCC)Nc1cnn(CC)c(=O)c1Cl. The van der Waals surface area contributed by atoms with Crippen molar-refractivity contribution in [3.8, 4) is 12.3 Å². The van der Waals surface area contributed by atoms with Gasteiger partial charge < -0.3 is 5.32 Å². The van der Waals surface area contributed by atoms with E-state index in [2.05, 4.69) is 16.3 Å². The molecule has 1 heterocycles. The lowest BCUT2D eigenvalue weighted by atomic mass is 10.2. The van der Waals surface area contributed by atoms with E-state index in [1.165, 1.54) is 10.9 Å². The Morgan fingerprint density at radius 2 is 2.35 bits per heavy atom. The number of rotatable bonds is 5. The number of hydrogen-bond donors (Lipinski definition) is 1. The summed E-state index contributed by atoms with van der Waals surface area (Å²) in [6, 6.07) is -0.129. The van der Waals surface area contributed by atoms with E-state index in [1.807, 2.05) is 13.8 Å². The molecule has 0 radical (unpaired) electrons. The van der Waals surface area contributed by atoms with Crippen LogP contribution in [-0.4, -0.2) is 15.8 Å². The average Bonchev–Trinajstić information content (AvgIpc) is 2.34. The van der Waals surface area contributed by atoms with Crippen LogP contribution in [0, 0.1) is 12.3 Å². The predicted molar refractivity (Wildman–Crippen MR) is 70.3 cm³/mol. The Bertz CT molecular complexity index is 476. The molecule has 4 nitrogen and oxygen atoms in total. The Morgan fingerprint density at radius 3 is 2.88 bits per heavy atom. The normalized spacial score (nSPS) is 11.9. The van der Waals surface area contributed by atoms with Crippen molar-refractivity contribution in [2.24, 2.45) is 0 Å². The number of aryl methyl sites for hydroxylation is 1. The molecule has 92 valence electrons. The highest BCUT2D eigenvalue weighted by molar-refractivity contribution is 6.32. The molecule has 1 aromatic heterocycles. The molecule has 0 spiro atoms. The van der Waals surface area contributed by atoms with Gasteiger partial charge in [-0.3, -0.25) is 4.79 Å². The zero-order valence-corrected chi connectivity index (χ0v) is 10.8. The Hall–Kier alpha value is -1.47. The lowest BCUT2D eigenvalue weighted by Crippen LogP contribution is -2.25. The van der Waals surface area contributed by atoms with Crippen LogP contribution >= 0.6 is 11.6 Å². The van der Waals surface area contributed by atoms with Crippen LogP contribution in [0.3, 0.4) is 0 Å². The molecule has 0 saturated carbocycles. The van der Waals surface area contributed by atoms with E-state index in [-0.39, 0.29) is 16.6 Å². The number of anilines is 1. The summed E-state index contributed by atoms with van der Waals surface area (Å²) in [5.74, 6) is 2.62. The van der Waals surface area contributed by atoms with Gasteiger partial charge in [-0.1, -0.05) is 30.9 Å². The summed E-state index contributed by atoms with van der Waals surface area (Å²) >= 11 is 5.97. The van der Waals surface area contributed by atoms with Gasteiger partial charge in [0, 0.05) is 6.54 Å². The number of nitrogens with zero attached hydrogens (tertiary/aromatic N) is 2. The maximum atomic E-state index is 11.7. The fourth-order valence-corrected chi connectivity index (χ4v) is 1.67. The fraction of sp³-hybridized carbons (Fsp3) is 0.500.